The molecule has 1 saturated heterocycles. The summed E-state index contributed by atoms with van der Waals surface area (Å²) in [6, 6.07) is -0.147. The van der Waals surface area contributed by atoms with Crippen molar-refractivity contribution >= 4 is 15.9 Å². The number of nitrogens with one attached hydrogen (secondary N) is 1. The van der Waals surface area contributed by atoms with Gasteiger partial charge in [-0.2, -0.15) is 4.31 Å². The summed E-state index contributed by atoms with van der Waals surface area (Å²) in [6.07, 6.45) is 1.69. The Morgan fingerprint density at radius 1 is 1.56 bits per heavy atom. The molecule has 1 heterocycles. The van der Waals surface area contributed by atoms with Gasteiger partial charge in [0.2, 0.25) is 15.9 Å². The first-order chi connectivity index (χ1) is 7.47. The van der Waals surface area contributed by atoms with E-state index in [0.29, 0.717) is 6.54 Å². The van der Waals surface area contributed by atoms with E-state index in [1.54, 1.807) is 6.92 Å². The normalized spacial score (nSPS) is 22.2. The lowest BCUT2D eigenvalue weighted by Crippen LogP contribution is -2.51. The van der Waals surface area contributed by atoms with Crippen LogP contribution in [0.4, 0.5) is 0 Å². The van der Waals surface area contributed by atoms with Crippen molar-refractivity contribution in [3.63, 3.8) is 0 Å². The van der Waals surface area contributed by atoms with Gasteiger partial charge in [-0.3, -0.25) is 4.79 Å². The van der Waals surface area contributed by atoms with Gasteiger partial charge in [0.15, 0.2) is 0 Å². The molecule has 7 heteroatoms. The molecule has 0 saturated carbocycles. The van der Waals surface area contributed by atoms with E-state index in [1.807, 2.05) is 0 Å². The second-order valence-electron chi connectivity index (χ2n) is 3.91. The largest absolute Gasteiger partial charge is 0.369 e. The number of amides is 1. The highest BCUT2D eigenvalue weighted by Gasteiger charge is 2.30. The van der Waals surface area contributed by atoms with Crippen molar-refractivity contribution in [3.8, 4) is 0 Å². The quantitative estimate of drug-likeness (QED) is 0.645. The Bertz CT molecular complexity index is 336. The topological polar surface area (TPSA) is 92.5 Å². The van der Waals surface area contributed by atoms with E-state index in [9.17, 15) is 13.2 Å². The van der Waals surface area contributed by atoms with Gasteiger partial charge in [0.25, 0.3) is 0 Å². The minimum Gasteiger partial charge on any atom is -0.369 e. The first-order valence-electron chi connectivity index (χ1n) is 5.46. The molecule has 0 aromatic rings. The number of primary amides is 1. The van der Waals surface area contributed by atoms with Crippen molar-refractivity contribution in [3.05, 3.63) is 0 Å². The first kappa shape index (κ1) is 13.4. The molecule has 1 amide bonds. The van der Waals surface area contributed by atoms with E-state index in [1.165, 1.54) is 4.31 Å². The van der Waals surface area contributed by atoms with E-state index in [2.05, 4.69) is 5.32 Å². The molecule has 16 heavy (non-hydrogen) atoms. The molecule has 1 unspecified atom stereocenters. The molecule has 0 radical (unpaired) electrons. The van der Waals surface area contributed by atoms with Crippen LogP contribution in [0.3, 0.4) is 0 Å². The van der Waals surface area contributed by atoms with Crippen molar-refractivity contribution < 1.29 is 13.2 Å². The number of nitrogens with two attached hydrogens (primary N) is 1. The number of piperidine rings is 1. The maximum atomic E-state index is 11.8. The number of carbonyl (C=O) groups is 1. The van der Waals surface area contributed by atoms with Crippen LogP contribution in [-0.2, 0) is 14.8 Å². The van der Waals surface area contributed by atoms with E-state index < -0.39 is 15.9 Å². The monoisotopic (exact) mass is 249 g/mol. The van der Waals surface area contributed by atoms with Crippen LogP contribution >= 0.6 is 0 Å². The van der Waals surface area contributed by atoms with E-state index >= 15 is 0 Å². The third kappa shape index (κ3) is 3.43. The zero-order chi connectivity index (χ0) is 12.2. The molecule has 1 atom stereocenters. The maximum absolute atomic E-state index is 11.8. The van der Waals surface area contributed by atoms with Gasteiger partial charge in [-0.05, 0) is 26.3 Å². The predicted molar refractivity (Wildman–Crippen MR) is 61.3 cm³/mol. The molecule has 94 valence electrons. The summed E-state index contributed by atoms with van der Waals surface area (Å²) >= 11 is 0. The summed E-state index contributed by atoms with van der Waals surface area (Å²) in [5.74, 6) is -0.612. The number of rotatable bonds is 5. The number of carbonyl (C=O) groups excluding carboxylic acids is 1. The fraction of sp³-hybridized carbons (Fsp3) is 0.889. The first-order valence-corrected chi connectivity index (χ1v) is 7.07. The van der Waals surface area contributed by atoms with Crippen molar-refractivity contribution in [2.24, 2.45) is 5.73 Å². The van der Waals surface area contributed by atoms with Gasteiger partial charge < -0.3 is 11.1 Å². The molecule has 1 aliphatic rings. The number of nitrogens with zero attached hydrogens (tertiary/aromatic N) is 1. The molecule has 0 aliphatic carbocycles. The third-order valence-corrected chi connectivity index (χ3v) is 4.58. The van der Waals surface area contributed by atoms with Gasteiger partial charge in [0, 0.05) is 12.6 Å². The highest BCUT2D eigenvalue weighted by atomic mass is 32.2. The zero-order valence-electron chi connectivity index (χ0n) is 9.48. The van der Waals surface area contributed by atoms with Gasteiger partial charge >= 0.3 is 0 Å². The van der Waals surface area contributed by atoms with Crippen LogP contribution in [0, 0.1) is 0 Å². The molecule has 1 rings (SSSR count). The molecule has 0 aromatic heterocycles. The van der Waals surface area contributed by atoms with Crippen LogP contribution < -0.4 is 11.1 Å². The second-order valence-corrected chi connectivity index (χ2v) is 6.12. The van der Waals surface area contributed by atoms with Crippen molar-refractivity contribution in [1.29, 1.82) is 0 Å². The highest BCUT2D eigenvalue weighted by Crippen LogP contribution is 2.14. The molecule has 1 aliphatic heterocycles. The highest BCUT2D eigenvalue weighted by molar-refractivity contribution is 7.89. The lowest BCUT2D eigenvalue weighted by molar-refractivity contribution is -0.118. The summed E-state index contributed by atoms with van der Waals surface area (Å²) in [7, 11) is -3.36. The average molecular weight is 249 g/mol. The van der Waals surface area contributed by atoms with Gasteiger partial charge in [-0.1, -0.05) is 0 Å². The molecule has 0 bridgehead atoms. The Labute approximate surface area is 96.2 Å². The fourth-order valence-corrected chi connectivity index (χ4v) is 3.14. The van der Waals surface area contributed by atoms with Crippen LogP contribution in [0.1, 0.15) is 19.8 Å². The lowest BCUT2D eigenvalue weighted by Gasteiger charge is -2.32. The standard InChI is InChI=1S/C9H19N3O3S/c1-2-16(14,15)12(7-9(10)13)8-4-3-5-11-6-8/h8,11H,2-7H2,1H3,(H2,10,13). The Kier molecular flexibility index (Phi) is 4.69. The van der Waals surface area contributed by atoms with Gasteiger partial charge in [0.1, 0.15) is 0 Å². The zero-order valence-corrected chi connectivity index (χ0v) is 10.3. The molecular formula is C9H19N3O3S. The lowest BCUT2D eigenvalue weighted by atomic mass is 10.1. The number of sulfonamides is 1. The van der Waals surface area contributed by atoms with Gasteiger partial charge in [-0.15, -0.1) is 0 Å². The van der Waals surface area contributed by atoms with E-state index in [-0.39, 0.29) is 18.3 Å². The van der Waals surface area contributed by atoms with Crippen molar-refractivity contribution in [2.45, 2.75) is 25.8 Å². The SMILES string of the molecule is CCS(=O)(=O)N(CC(N)=O)C1CCCNC1. The van der Waals surface area contributed by atoms with Crippen LogP contribution in [0.15, 0.2) is 0 Å². The predicted octanol–water partition coefficient (Wildman–Crippen LogP) is -1.12. The maximum Gasteiger partial charge on any atom is 0.232 e. The summed E-state index contributed by atoms with van der Waals surface area (Å²) in [6.45, 7) is 2.84. The second kappa shape index (κ2) is 5.60. The minimum atomic E-state index is -3.36. The van der Waals surface area contributed by atoms with Crippen LogP contribution in [0.5, 0.6) is 0 Å². The molecule has 0 spiro atoms. The third-order valence-electron chi connectivity index (χ3n) is 2.71. The molecule has 6 nitrogen and oxygen atoms in total. The Morgan fingerprint density at radius 2 is 2.25 bits per heavy atom. The fourth-order valence-electron chi connectivity index (χ4n) is 1.85. The summed E-state index contributed by atoms with van der Waals surface area (Å²) in [5.41, 5.74) is 5.09. The van der Waals surface area contributed by atoms with Crippen LogP contribution in [0.25, 0.3) is 0 Å². The molecule has 3 N–H and O–H groups in total. The number of hydrogen-bond donors (Lipinski definition) is 2. The van der Waals surface area contributed by atoms with Crippen LogP contribution in [0.2, 0.25) is 0 Å². The van der Waals surface area contributed by atoms with E-state index in [4.69, 9.17) is 5.73 Å². The van der Waals surface area contributed by atoms with Crippen molar-refractivity contribution in [2.75, 3.05) is 25.4 Å². The van der Waals surface area contributed by atoms with Crippen molar-refractivity contribution in [1.82, 2.24) is 9.62 Å². The Balaban J connectivity index is 2.81. The average Bonchev–Trinajstić information content (AvgIpc) is 2.27. The minimum absolute atomic E-state index is 0.00319. The molecule has 1 fully saturated rings. The number of hydrogen-bond acceptors (Lipinski definition) is 4. The Hall–Kier alpha value is -0.660. The van der Waals surface area contributed by atoms with E-state index in [0.717, 1.165) is 19.4 Å². The Morgan fingerprint density at radius 3 is 2.69 bits per heavy atom. The molecular weight excluding hydrogens is 230 g/mol. The summed E-state index contributed by atoms with van der Waals surface area (Å²) in [5, 5.41) is 3.13. The van der Waals surface area contributed by atoms with Crippen LogP contribution in [-0.4, -0.2) is 50.1 Å². The smallest absolute Gasteiger partial charge is 0.232 e. The summed E-state index contributed by atoms with van der Waals surface area (Å²) in [4.78, 5) is 10.9. The summed E-state index contributed by atoms with van der Waals surface area (Å²) < 4.78 is 24.9. The molecule has 0 aromatic carbocycles. The van der Waals surface area contributed by atoms with Gasteiger partial charge in [0.05, 0.1) is 12.3 Å². The van der Waals surface area contributed by atoms with Gasteiger partial charge in [-0.25, -0.2) is 8.42 Å².